The van der Waals surface area contributed by atoms with E-state index in [0.717, 1.165) is 12.1 Å². The number of ether oxygens (including phenoxy) is 2. The number of carbonyl (C=O) groups excluding carboxylic acids is 1. The maximum absolute atomic E-state index is 13.3. The lowest BCUT2D eigenvalue weighted by atomic mass is 10.1. The second-order valence-electron chi connectivity index (χ2n) is 6.28. The van der Waals surface area contributed by atoms with Crippen molar-refractivity contribution in [3.05, 3.63) is 77.9 Å². The molecular formula is C21H18F2N2O5S. The highest BCUT2D eigenvalue weighted by atomic mass is 32.2. The van der Waals surface area contributed by atoms with Crippen LogP contribution < -0.4 is 19.5 Å². The van der Waals surface area contributed by atoms with Crippen LogP contribution in [-0.2, 0) is 10.0 Å². The Balaban J connectivity index is 1.73. The summed E-state index contributed by atoms with van der Waals surface area (Å²) in [6.45, 7) is 0. The molecule has 0 atom stereocenters. The second-order valence-corrected chi connectivity index (χ2v) is 7.96. The molecule has 31 heavy (non-hydrogen) atoms. The summed E-state index contributed by atoms with van der Waals surface area (Å²) >= 11 is 0. The van der Waals surface area contributed by atoms with E-state index >= 15 is 0 Å². The van der Waals surface area contributed by atoms with E-state index in [-0.39, 0.29) is 11.3 Å². The number of benzene rings is 3. The fourth-order valence-corrected chi connectivity index (χ4v) is 3.73. The maximum atomic E-state index is 13.3. The molecule has 3 rings (SSSR count). The number of rotatable bonds is 7. The lowest BCUT2D eigenvalue weighted by Gasteiger charge is -2.12. The van der Waals surface area contributed by atoms with Gasteiger partial charge in [0.25, 0.3) is 15.9 Å². The summed E-state index contributed by atoms with van der Waals surface area (Å²) in [5.41, 5.74) is 0.856. The van der Waals surface area contributed by atoms with Gasteiger partial charge >= 0.3 is 0 Å². The molecule has 3 aromatic rings. The molecule has 0 aliphatic carbocycles. The van der Waals surface area contributed by atoms with Gasteiger partial charge in [-0.1, -0.05) is 0 Å². The summed E-state index contributed by atoms with van der Waals surface area (Å²) in [6.07, 6.45) is 0. The molecule has 0 fully saturated rings. The molecule has 0 spiro atoms. The lowest BCUT2D eigenvalue weighted by Crippen LogP contribution is -2.14. The minimum atomic E-state index is -4.12. The summed E-state index contributed by atoms with van der Waals surface area (Å²) in [5, 5.41) is 2.68. The van der Waals surface area contributed by atoms with Crippen LogP contribution in [0.4, 0.5) is 20.2 Å². The molecule has 2 N–H and O–H groups in total. The van der Waals surface area contributed by atoms with Crippen molar-refractivity contribution in [2.24, 2.45) is 0 Å². The summed E-state index contributed by atoms with van der Waals surface area (Å²) in [4.78, 5) is 12.1. The van der Waals surface area contributed by atoms with Gasteiger partial charge in [-0.15, -0.1) is 0 Å². The van der Waals surface area contributed by atoms with Gasteiger partial charge in [0.05, 0.1) is 24.7 Å². The molecule has 3 aromatic carbocycles. The van der Waals surface area contributed by atoms with Gasteiger partial charge in [0, 0.05) is 17.4 Å². The first-order chi connectivity index (χ1) is 14.7. The van der Waals surface area contributed by atoms with Crippen LogP contribution in [0.25, 0.3) is 0 Å². The molecule has 10 heteroatoms. The van der Waals surface area contributed by atoms with E-state index in [2.05, 4.69) is 10.0 Å². The number of amides is 1. The summed E-state index contributed by atoms with van der Waals surface area (Å²) < 4.78 is 63.6. The van der Waals surface area contributed by atoms with Crippen molar-refractivity contribution in [1.82, 2.24) is 0 Å². The number of nitrogens with one attached hydrogen (secondary N) is 2. The quantitative estimate of drug-likeness (QED) is 0.569. The van der Waals surface area contributed by atoms with Gasteiger partial charge in [0.15, 0.2) is 11.6 Å². The third-order valence-corrected chi connectivity index (χ3v) is 5.63. The number of sulfonamides is 1. The number of carbonyl (C=O) groups is 1. The zero-order chi connectivity index (χ0) is 22.6. The summed E-state index contributed by atoms with van der Waals surface area (Å²) in [6, 6.07) is 12.8. The number of methoxy groups -OCH3 is 2. The van der Waals surface area contributed by atoms with Crippen molar-refractivity contribution in [2.75, 3.05) is 24.3 Å². The Morgan fingerprint density at radius 2 is 1.52 bits per heavy atom. The van der Waals surface area contributed by atoms with Crippen LogP contribution in [0, 0.1) is 11.6 Å². The molecule has 1 amide bonds. The summed E-state index contributed by atoms with van der Waals surface area (Å²) in [5.74, 6) is -1.99. The fraction of sp³-hybridized carbons (Fsp3) is 0.0952. The third kappa shape index (κ3) is 5.10. The smallest absolute Gasteiger partial charge is 0.261 e. The minimum Gasteiger partial charge on any atom is -0.497 e. The number of anilines is 2. The van der Waals surface area contributed by atoms with E-state index in [4.69, 9.17) is 9.47 Å². The van der Waals surface area contributed by atoms with Gasteiger partial charge in [-0.05, 0) is 54.6 Å². The maximum Gasteiger partial charge on any atom is 0.261 e. The standard InChI is InChI=1S/C21H18F2N2O5S/c1-29-15-7-9-17(20(11-15)30-2)21(26)24-13-3-5-14(6-4-13)25-31(27,28)16-8-10-18(22)19(23)12-16/h3-12,25H,1-2H3,(H,24,26). The van der Waals surface area contributed by atoms with Crippen molar-refractivity contribution in [1.29, 1.82) is 0 Å². The van der Waals surface area contributed by atoms with E-state index < -0.39 is 32.5 Å². The second kappa shape index (κ2) is 9.00. The zero-order valence-electron chi connectivity index (χ0n) is 16.5. The van der Waals surface area contributed by atoms with E-state index in [1.165, 1.54) is 38.5 Å². The Labute approximate surface area is 177 Å². The molecule has 0 saturated carbocycles. The highest BCUT2D eigenvalue weighted by molar-refractivity contribution is 7.92. The van der Waals surface area contributed by atoms with E-state index in [1.807, 2.05) is 0 Å². The number of halogens is 2. The van der Waals surface area contributed by atoms with Crippen LogP contribution in [0.15, 0.2) is 65.6 Å². The topological polar surface area (TPSA) is 93.7 Å². The van der Waals surface area contributed by atoms with Crippen LogP contribution in [0.1, 0.15) is 10.4 Å². The van der Waals surface area contributed by atoms with Gasteiger partial charge < -0.3 is 14.8 Å². The van der Waals surface area contributed by atoms with Gasteiger partial charge in [0.1, 0.15) is 11.5 Å². The number of hydrogen-bond acceptors (Lipinski definition) is 5. The van der Waals surface area contributed by atoms with Crippen molar-refractivity contribution < 1.29 is 31.5 Å². The fourth-order valence-electron chi connectivity index (χ4n) is 2.66. The van der Waals surface area contributed by atoms with Crippen LogP contribution in [0.2, 0.25) is 0 Å². The predicted molar refractivity (Wildman–Crippen MR) is 111 cm³/mol. The molecule has 0 bridgehead atoms. The highest BCUT2D eigenvalue weighted by Crippen LogP contribution is 2.26. The first kappa shape index (κ1) is 22.0. The Hall–Kier alpha value is -3.66. The highest BCUT2D eigenvalue weighted by Gasteiger charge is 2.17. The largest absolute Gasteiger partial charge is 0.497 e. The van der Waals surface area contributed by atoms with Crippen molar-refractivity contribution >= 4 is 27.3 Å². The van der Waals surface area contributed by atoms with Gasteiger partial charge in [-0.25, -0.2) is 17.2 Å². The van der Waals surface area contributed by atoms with E-state index in [0.29, 0.717) is 23.3 Å². The first-order valence-corrected chi connectivity index (χ1v) is 10.3. The van der Waals surface area contributed by atoms with Crippen molar-refractivity contribution in [2.45, 2.75) is 4.90 Å². The molecule has 0 unspecified atom stereocenters. The Bertz CT molecular complexity index is 1210. The normalized spacial score (nSPS) is 11.0. The minimum absolute atomic E-state index is 0.171. The van der Waals surface area contributed by atoms with Crippen LogP contribution >= 0.6 is 0 Å². The SMILES string of the molecule is COc1ccc(C(=O)Nc2ccc(NS(=O)(=O)c3ccc(F)c(F)c3)cc2)c(OC)c1. The molecule has 0 saturated heterocycles. The molecular weight excluding hydrogens is 430 g/mol. The first-order valence-electron chi connectivity index (χ1n) is 8.85. The molecule has 7 nitrogen and oxygen atoms in total. The van der Waals surface area contributed by atoms with Crippen LogP contribution in [0.3, 0.4) is 0 Å². The Kier molecular flexibility index (Phi) is 6.40. The Morgan fingerprint density at radius 1 is 0.839 bits per heavy atom. The monoisotopic (exact) mass is 448 g/mol. The van der Waals surface area contributed by atoms with Gasteiger partial charge in [-0.2, -0.15) is 0 Å². The van der Waals surface area contributed by atoms with Gasteiger partial charge in [-0.3, -0.25) is 9.52 Å². The van der Waals surface area contributed by atoms with Crippen LogP contribution in [-0.4, -0.2) is 28.5 Å². The Morgan fingerprint density at radius 3 is 2.13 bits per heavy atom. The van der Waals surface area contributed by atoms with E-state index in [9.17, 15) is 22.0 Å². The average molecular weight is 448 g/mol. The molecule has 0 aliphatic heterocycles. The molecule has 0 radical (unpaired) electrons. The van der Waals surface area contributed by atoms with Gasteiger partial charge in [0.2, 0.25) is 0 Å². The summed E-state index contributed by atoms with van der Waals surface area (Å²) in [7, 11) is -1.19. The van der Waals surface area contributed by atoms with Crippen LogP contribution in [0.5, 0.6) is 11.5 Å². The molecule has 0 heterocycles. The third-order valence-electron chi connectivity index (χ3n) is 4.25. The molecule has 0 aliphatic rings. The average Bonchev–Trinajstić information content (AvgIpc) is 2.76. The number of hydrogen-bond donors (Lipinski definition) is 2. The van der Waals surface area contributed by atoms with E-state index in [1.54, 1.807) is 18.2 Å². The molecule has 0 aromatic heterocycles. The zero-order valence-corrected chi connectivity index (χ0v) is 17.3. The molecule has 162 valence electrons. The lowest BCUT2D eigenvalue weighted by molar-refractivity contribution is 0.102. The van der Waals surface area contributed by atoms with Crippen molar-refractivity contribution in [3.8, 4) is 11.5 Å². The predicted octanol–water partition coefficient (Wildman–Crippen LogP) is 4.04. The van der Waals surface area contributed by atoms with Crippen molar-refractivity contribution in [3.63, 3.8) is 0 Å².